The van der Waals surface area contributed by atoms with Crippen molar-refractivity contribution in [1.82, 2.24) is 9.97 Å². The van der Waals surface area contributed by atoms with Gasteiger partial charge in [0.25, 0.3) is 0 Å². The van der Waals surface area contributed by atoms with Crippen LogP contribution in [0.5, 0.6) is 0 Å². The molecule has 1 aromatic carbocycles. The lowest BCUT2D eigenvalue weighted by Gasteiger charge is -2.05. The molecule has 76 valence electrons. The summed E-state index contributed by atoms with van der Waals surface area (Å²) in [4.78, 5) is 7.88. The lowest BCUT2D eigenvalue weighted by atomic mass is 10.3. The molecule has 2 rings (SSSR count). The first-order valence-electron chi connectivity index (χ1n) is 4.58. The maximum atomic E-state index is 5.78. The summed E-state index contributed by atoms with van der Waals surface area (Å²) in [5.41, 5.74) is 2.08. The summed E-state index contributed by atoms with van der Waals surface area (Å²) in [7, 11) is 0. The van der Waals surface area contributed by atoms with E-state index in [0.29, 0.717) is 6.54 Å². The maximum Gasteiger partial charge on any atom is 0.115 e. The average molecular weight is 220 g/mol. The fourth-order valence-electron chi connectivity index (χ4n) is 1.19. The summed E-state index contributed by atoms with van der Waals surface area (Å²) in [6, 6.07) is 7.58. The van der Waals surface area contributed by atoms with Gasteiger partial charge in [-0.3, -0.25) is 0 Å². The molecule has 0 aliphatic carbocycles. The molecule has 1 N–H and O–H groups in total. The summed E-state index contributed by atoms with van der Waals surface area (Å²) < 4.78 is 0. The number of aromatic nitrogens is 2. The molecule has 0 aliphatic heterocycles. The standard InChI is InChI=1S/C11H10ClN3/c12-10-1-3-11(4-2-10)15-7-9-5-13-8-14-6-9/h1-6,8,15H,7H2. The highest BCUT2D eigenvalue weighted by Crippen LogP contribution is 2.13. The molecule has 15 heavy (non-hydrogen) atoms. The number of rotatable bonds is 3. The van der Waals surface area contributed by atoms with Gasteiger partial charge in [-0.1, -0.05) is 11.6 Å². The number of hydrogen-bond donors (Lipinski definition) is 1. The Balaban J connectivity index is 1.96. The van der Waals surface area contributed by atoms with Gasteiger partial charge in [0.15, 0.2) is 0 Å². The fraction of sp³-hybridized carbons (Fsp3) is 0.0909. The lowest BCUT2D eigenvalue weighted by Crippen LogP contribution is -1.99. The molecule has 0 saturated carbocycles. The van der Waals surface area contributed by atoms with E-state index in [0.717, 1.165) is 16.3 Å². The van der Waals surface area contributed by atoms with E-state index < -0.39 is 0 Å². The summed E-state index contributed by atoms with van der Waals surface area (Å²) in [6.45, 7) is 0.711. The van der Waals surface area contributed by atoms with E-state index in [1.54, 1.807) is 12.4 Å². The van der Waals surface area contributed by atoms with Crippen LogP contribution >= 0.6 is 11.6 Å². The van der Waals surface area contributed by atoms with Crippen molar-refractivity contribution in [3.8, 4) is 0 Å². The van der Waals surface area contributed by atoms with Crippen molar-refractivity contribution in [2.45, 2.75) is 6.54 Å². The maximum absolute atomic E-state index is 5.78. The topological polar surface area (TPSA) is 37.8 Å². The van der Waals surface area contributed by atoms with E-state index in [1.165, 1.54) is 6.33 Å². The number of halogens is 1. The SMILES string of the molecule is Clc1ccc(NCc2cncnc2)cc1. The second-order valence-electron chi connectivity index (χ2n) is 3.11. The first-order chi connectivity index (χ1) is 7.34. The highest BCUT2D eigenvalue weighted by Gasteiger charge is 1.94. The Hall–Kier alpha value is -1.61. The Labute approximate surface area is 93.1 Å². The van der Waals surface area contributed by atoms with Crippen molar-refractivity contribution < 1.29 is 0 Å². The molecule has 0 saturated heterocycles. The van der Waals surface area contributed by atoms with Crippen LogP contribution in [0.2, 0.25) is 5.02 Å². The average Bonchev–Trinajstić information content (AvgIpc) is 2.30. The van der Waals surface area contributed by atoms with E-state index in [9.17, 15) is 0 Å². The van der Waals surface area contributed by atoms with Crippen molar-refractivity contribution in [2.24, 2.45) is 0 Å². The molecule has 1 aromatic heterocycles. The minimum absolute atomic E-state index is 0.711. The molecule has 0 bridgehead atoms. The summed E-state index contributed by atoms with van der Waals surface area (Å²) >= 11 is 5.78. The first-order valence-corrected chi connectivity index (χ1v) is 4.96. The van der Waals surface area contributed by atoms with E-state index in [4.69, 9.17) is 11.6 Å². The molecule has 0 unspecified atom stereocenters. The summed E-state index contributed by atoms with van der Waals surface area (Å²) in [6.07, 6.45) is 5.09. The predicted octanol–water partition coefficient (Wildman–Crippen LogP) is 2.74. The van der Waals surface area contributed by atoms with Gasteiger partial charge in [-0.05, 0) is 24.3 Å². The third-order valence-electron chi connectivity index (χ3n) is 1.95. The van der Waals surface area contributed by atoms with Crippen LogP contribution in [0.25, 0.3) is 0 Å². The Kier molecular flexibility index (Phi) is 3.15. The van der Waals surface area contributed by atoms with Gasteiger partial charge < -0.3 is 5.32 Å². The molecule has 0 aliphatic rings. The molecule has 0 spiro atoms. The van der Waals surface area contributed by atoms with Crippen LogP contribution in [0.15, 0.2) is 43.0 Å². The molecule has 3 nitrogen and oxygen atoms in total. The molecule has 0 fully saturated rings. The van der Waals surface area contributed by atoms with E-state index >= 15 is 0 Å². The highest BCUT2D eigenvalue weighted by atomic mass is 35.5. The number of nitrogens with one attached hydrogen (secondary N) is 1. The summed E-state index contributed by atoms with van der Waals surface area (Å²) in [5, 5.41) is 3.99. The van der Waals surface area contributed by atoms with Gasteiger partial charge in [0, 0.05) is 35.2 Å². The Morgan fingerprint density at radius 1 is 1.07 bits per heavy atom. The summed E-state index contributed by atoms with van der Waals surface area (Å²) in [5.74, 6) is 0. The van der Waals surface area contributed by atoms with Gasteiger partial charge in [-0.2, -0.15) is 0 Å². The van der Waals surface area contributed by atoms with Crippen molar-refractivity contribution in [3.05, 3.63) is 53.6 Å². The Morgan fingerprint density at radius 3 is 2.40 bits per heavy atom. The van der Waals surface area contributed by atoms with E-state index in [2.05, 4.69) is 15.3 Å². The predicted molar refractivity (Wildman–Crippen MR) is 60.8 cm³/mol. The van der Waals surface area contributed by atoms with Gasteiger partial charge >= 0.3 is 0 Å². The second-order valence-corrected chi connectivity index (χ2v) is 3.54. The van der Waals surface area contributed by atoms with Gasteiger partial charge in [0.2, 0.25) is 0 Å². The quantitative estimate of drug-likeness (QED) is 0.863. The number of nitrogens with zero attached hydrogens (tertiary/aromatic N) is 2. The zero-order valence-corrected chi connectivity index (χ0v) is 8.78. The van der Waals surface area contributed by atoms with Crippen LogP contribution in [0, 0.1) is 0 Å². The zero-order valence-electron chi connectivity index (χ0n) is 8.02. The van der Waals surface area contributed by atoms with E-state index in [1.807, 2.05) is 24.3 Å². The normalized spacial score (nSPS) is 9.93. The number of anilines is 1. The van der Waals surface area contributed by atoms with Gasteiger partial charge in [0.1, 0.15) is 6.33 Å². The second kappa shape index (κ2) is 4.75. The molecule has 0 amide bonds. The van der Waals surface area contributed by atoms with Crippen LogP contribution in [-0.4, -0.2) is 9.97 Å². The van der Waals surface area contributed by atoms with Crippen molar-refractivity contribution in [2.75, 3.05) is 5.32 Å². The van der Waals surface area contributed by atoms with E-state index in [-0.39, 0.29) is 0 Å². The fourth-order valence-corrected chi connectivity index (χ4v) is 1.32. The largest absolute Gasteiger partial charge is 0.381 e. The third-order valence-corrected chi connectivity index (χ3v) is 2.21. The molecule has 1 heterocycles. The lowest BCUT2D eigenvalue weighted by molar-refractivity contribution is 1.05. The van der Waals surface area contributed by atoms with Gasteiger partial charge in [-0.15, -0.1) is 0 Å². The Bertz CT molecular complexity index is 414. The Morgan fingerprint density at radius 2 is 1.73 bits per heavy atom. The molecule has 4 heteroatoms. The first kappa shape index (κ1) is 9.93. The zero-order chi connectivity index (χ0) is 10.5. The monoisotopic (exact) mass is 219 g/mol. The minimum atomic E-state index is 0.711. The van der Waals surface area contributed by atoms with Crippen LogP contribution in [0.3, 0.4) is 0 Å². The highest BCUT2D eigenvalue weighted by molar-refractivity contribution is 6.30. The van der Waals surface area contributed by atoms with Gasteiger partial charge in [0.05, 0.1) is 0 Å². The van der Waals surface area contributed by atoms with Crippen molar-refractivity contribution in [1.29, 1.82) is 0 Å². The molecular weight excluding hydrogens is 210 g/mol. The van der Waals surface area contributed by atoms with Crippen LogP contribution < -0.4 is 5.32 Å². The van der Waals surface area contributed by atoms with Crippen LogP contribution in [0.4, 0.5) is 5.69 Å². The molecule has 0 radical (unpaired) electrons. The number of hydrogen-bond acceptors (Lipinski definition) is 3. The number of benzene rings is 1. The van der Waals surface area contributed by atoms with Gasteiger partial charge in [-0.25, -0.2) is 9.97 Å². The molecule has 2 aromatic rings. The van der Waals surface area contributed by atoms with Crippen LogP contribution in [0.1, 0.15) is 5.56 Å². The van der Waals surface area contributed by atoms with Crippen molar-refractivity contribution in [3.63, 3.8) is 0 Å². The van der Waals surface area contributed by atoms with Crippen molar-refractivity contribution >= 4 is 17.3 Å². The smallest absolute Gasteiger partial charge is 0.115 e. The van der Waals surface area contributed by atoms with Crippen LogP contribution in [-0.2, 0) is 6.54 Å². The third kappa shape index (κ3) is 2.92. The minimum Gasteiger partial charge on any atom is -0.381 e. The molecule has 0 atom stereocenters. The molecular formula is C11H10ClN3.